The van der Waals surface area contributed by atoms with Gasteiger partial charge < -0.3 is 4.74 Å². The number of hydrogen-bond acceptors (Lipinski definition) is 7. The van der Waals surface area contributed by atoms with Crippen LogP contribution in [0, 0.1) is 10.1 Å². The van der Waals surface area contributed by atoms with Crippen LogP contribution >= 0.6 is 0 Å². The van der Waals surface area contributed by atoms with Crippen molar-refractivity contribution in [2.75, 3.05) is 18.6 Å². The Kier molecular flexibility index (Phi) is 4.68. The molecule has 0 bridgehead atoms. The Bertz CT molecular complexity index is 725. The molecular weight excluding hydrogens is 312 g/mol. The molecule has 0 amide bonds. The number of benzene rings is 1. The largest absolute Gasteiger partial charge is 0.497 e. The number of primary sulfonamides is 1. The smallest absolute Gasteiger partial charge is 0.288 e. The molecule has 0 saturated carbocycles. The maximum Gasteiger partial charge on any atom is 0.288 e. The number of methoxy groups -OCH3 is 1. The summed E-state index contributed by atoms with van der Waals surface area (Å²) in [6.07, 6.45) is 0. The van der Waals surface area contributed by atoms with Crippen LogP contribution in [0.4, 0.5) is 5.69 Å². The van der Waals surface area contributed by atoms with Crippen molar-refractivity contribution in [2.24, 2.45) is 5.14 Å². The molecule has 1 aromatic rings. The molecule has 0 atom stereocenters. The molecule has 0 unspecified atom stereocenters. The van der Waals surface area contributed by atoms with E-state index in [-0.39, 0.29) is 5.75 Å². The lowest BCUT2D eigenvalue weighted by Gasteiger charge is -2.07. The number of hydrogen-bond donors (Lipinski definition) is 1. The fourth-order valence-electron chi connectivity index (χ4n) is 1.36. The molecule has 20 heavy (non-hydrogen) atoms. The normalized spacial score (nSPS) is 12.1. The zero-order valence-corrected chi connectivity index (χ0v) is 12.0. The van der Waals surface area contributed by atoms with Gasteiger partial charge in [0, 0.05) is 12.1 Å². The average molecular weight is 324 g/mol. The summed E-state index contributed by atoms with van der Waals surface area (Å²) in [6.45, 7) is 0. The summed E-state index contributed by atoms with van der Waals surface area (Å²) in [5.74, 6) is -1.58. The molecule has 9 nitrogen and oxygen atoms in total. The zero-order valence-electron chi connectivity index (χ0n) is 10.3. The van der Waals surface area contributed by atoms with Gasteiger partial charge in [-0.3, -0.25) is 10.1 Å². The number of nitro benzene ring substituents is 1. The molecule has 11 heteroatoms. The molecule has 0 fully saturated rings. The van der Waals surface area contributed by atoms with E-state index in [1.807, 2.05) is 0 Å². The predicted octanol–water partition coefficient (Wildman–Crippen LogP) is -0.334. The maximum atomic E-state index is 12.0. The van der Waals surface area contributed by atoms with Gasteiger partial charge in [-0.15, -0.1) is 0 Å². The molecule has 1 aromatic carbocycles. The van der Waals surface area contributed by atoms with Gasteiger partial charge in [-0.1, -0.05) is 0 Å². The first-order chi connectivity index (χ1) is 9.07. The van der Waals surface area contributed by atoms with E-state index in [4.69, 9.17) is 9.88 Å². The molecule has 0 aliphatic rings. The second-order valence-corrected chi connectivity index (χ2v) is 7.59. The lowest BCUT2D eigenvalue weighted by Crippen LogP contribution is -2.23. The maximum absolute atomic E-state index is 12.0. The Labute approximate surface area is 115 Å². The highest BCUT2D eigenvalue weighted by atomic mass is 32.2. The molecular formula is C9H12N2O7S2. The SMILES string of the molecule is COc1ccc([N+](=O)[O-])c(S(=O)(=O)CCS(N)(=O)=O)c1. The summed E-state index contributed by atoms with van der Waals surface area (Å²) in [4.78, 5) is 9.35. The molecule has 2 N–H and O–H groups in total. The summed E-state index contributed by atoms with van der Waals surface area (Å²) in [5.41, 5.74) is -0.653. The van der Waals surface area contributed by atoms with E-state index in [1.165, 1.54) is 13.2 Å². The van der Waals surface area contributed by atoms with Crippen LogP contribution in [0.25, 0.3) is 0 Å². The van der Waals surface area contributed by atoms with Crippen LogP contribution in [0.15, 0.2) is 23.1 Å². The second kappa shape index (κ2) is 5.73. The van der Waals surface area contributed by atoms with Gasteiger partial charge in [-0.25, -0.2) is 22.0 Å². The molecule has 0 aliphatic heterocycles. The topological polar surface area (TPSA) is 147 Å². The molecule has 0 saturated heterocycles. The third-order valence-corrected chi connectivity index (χ3v) is 5.11. The van der Waals surface area contributed by atoms with Gasteiger partial charge >= 0.3 is 0 Å². The highest BCUT2D eigenvalue weighted by molar-refractivity contribution is 7.94. The summed E-state index contributed by atoms with van der Waals surface area (Å²) < 4.78 is 50.4. The minimum Gasteiger partial charge on any atom is -0.497 e. The predicted molar refractivity (Wildman–Crippen MR) is 69.7 cm³/mol. The molecule has 0 aliphatic carbocycles. The van der Waals surface area contributed by atoms with Crippen LogP contribution in [0.2, 0.25) is 0 Å². The van der Waals surface area contributed by atoms with Crippen molar-refractivity contribution in [2.45, 2.75) is 4.90 Å². The number of nitrogens with two attached hydrogens (primary N) is 1. The lowest BCUT2D eigenvalue weighted by atomic mass is 10.3. The van der Waals surface area contributed by atoms with Gasteiger partial charge in [0.1, 0.15) is 10.6 Å². The van der Waals surface area contributed by atoms with E-state index in [0.717, 1.165) is 12.1 Å². The van der Waals surface area contributed by atoms with Crippen molar-refractivity contribution >= 4 is 25.5 Å². The van der Waals surface area contributed by atoms with E-state index >= 15 is 0 Å². The van der Waals surface area contributed by atoms with Crippen molar-refractivity contribution in [1.82, 2.24) is 0 Å². The van der Waals surface area contributed by atoms with Gasteiger partial charge in [0.05, 0.1) is 23.5 Å². The summed E-state index contributed by atoms with van der Waals surface area (Å²) in [7, 11) is -6.91. The van der Waals surface area contributed by atoms with Crippen molar-refractivity contribution in [3.05, 3.63) is 28.3 Å². The van der Waals surface area contributed by atoms with Crippen LogP contribution in [0.3, 0.4) is 0 Å². The van der Waals surface area contributed by atoms with Crippen molar-refractivity contribution < 1.29 is 26.5 Å². The minimum atomic E-state index is -4.18. The van der Waals surface area contributed by atoms with Crippen molar-refractivity contribution in [3.8, 4) is 5.75 Å². The van der Waals surface area contributed by atoms with Crippen LogP contribution in [-0.2, 0) is 19.9 Å². The molecule has 0 radical (unpaired) electrons. The summed E-state index contributed by atoms with van der Waals surface area (Å²) in [6, 6.07) is 3.18. The number of nitrogens with zero attached hydrogens (tertiary/aromatic N) is 1. The van der Waals surface area contributed by atoms with E-state index in [9.17, 15) is 26.9 Å². The molecule has 1 rings (SSSR count). The second-order valence-electron chi connectivity index (χ2n) is 3.78. The monoisotopic (exact) mass is 324 g/mol. The first kappa shape index (κ1) is 16.3. The van der Waals surface area contributed by atoms with E-state index in [0.29, 0.717) is 0 Å². The third kappa shape index (κ3) is 4.15. The fraction of sp³-hybridized carbons (Fsp3) is 0.333. The summed E-state index contributed by atoms with van der Waals surface area (Å²) in [5, 5.41) is 15.6. The average Bonchev–Trinajstić information content (AvgIpc) is 2.35. The molecule has 112 valence electrons. The molecule has 0 aromatic heterocycles. The third-order valence-electron chi connectivity index (χ3n) is 2.34. The number of ether oxygens (including phenoxy) is 1. The summed E-state index contributed by atoms with van der Waals surface area (Å²) >= 11 is 0. The first-order valence-electron chi connectivity index (χ1n) is 5.12. The number of nitro groups is 1. The van der Waals surface area contributed by atoms with Crippen LogP contribution in [0.5, 0.6) is 5.75 Å². The highest BCUT2D eigenvalue weighted by Crippen LogP contribution is 2.28. The highest BCUT2D eigenvalue weighted by Gasteiger charge is 2.27. The Morgan fingerprint density at radius 2 is 1.85 bits per heavy atom. The van der Waals surface area contributed by atoms with Crippen molar-refractivity contribution in [3.63, 3.8) is 0 Å². The fourth-order valence-corrected chi connectivity index (χ4v) is 4.14. The quantitative estimate of drug-likeness (QED) is 0.556. The van der Waals surface area contributed by atoms with Gasteiger partial charge in [-0.2, -0.15) is 0 Å². The number of sulfonamides is 1. The van der Waals surface area contributed by atoms with Crippen LogP contribution < -0.4 is 9.88 Å². The zero-order chi connectivity index (χ0) is 15.6. The minimum absolute atomic E-state index is 0.102. The first-order valence-corrected chi connectivity index (χ1v) is 8.49. The van der Waals surface area contributed by atoms with E-state index in [2.05, 4.69) is 0 Å². The van der Waals surface area contributed by atoms with Gasteiger partial charge in [-0.05, 0) is 6.07 Å². The van der Waals surface area contributed by atoms with E-state index in [1.54, 1.807) is 0 Å². The number of sulfone groups is 1. The van der Waals surface area contributed by atoms with Crippen molar-refractivity contribution in [1.29, 1.82) is 0 Å². The Balaban J connectivity index is 3.31. The number of rotatable bonds is 6. The van der Waals surface area contributed by atoms with Gasteiger partial charge in [0.15, 0.2) is 9.84 Å². The molecule has 0 spiro atoms. The van der Waals surface area contributed by atoms with Crippen LogP contribution in [-0.4, -0.2) is 40.4 Å². The Morgan fingerprint density at radius 1 is 1.25 bits per heavy atom. The van der Waals surface area contributed by atoms with Gasteiger partial charge in [0.25, 0.3) is 5.69 Å². The lowest BCUT2D eigenvalue weighted by molar-refractivity contribution is -0.387. The van der Waals surface area contributed by atoms with E-state index < -0.39 is 46.9 Å². The van der Waals surface area contributed by atoms with Crippen LogP contribution in [0.1, 0.15) is 0 Å². The Morgan fingerprint density at radius 3 is 2.30 bits per heavy atom. The van der Waals surface area contributed by atoms with Gasteiger partial charge in [0.2, 0.25) is 10.0 Å². The molecule has 0 heterocycles. The standard InChI is InChI=1S/C9H12N2O7S2/c1-18-7-2-3-8(11(12)13)9(6-7)19(14,15)4-5-20(10,16)17/h2-3,6H,4-5H2,1H3,(H2,10,16,17). The Hall–Kier alpha value is -1.72.